The molecule has 1 heterocycles. The SMILES string of the molecule is Cc1ccc(Cl)c(OCCCCOc2ccc(C=Cc3cccc4c3c(CC(=O)O)cn4CCCC(=O)O)cc2)c1F. The molecule has 0 saturated carbocycles. The van der Waals surface area contributed by atoms with Crippen LogP contribution in [0.5, 0.6) is 11.5 Å². The summed E-state index contributed by atoms with van der Waals surface area (Å²) in [4.78, 5) is 22.5. The van der Waals surface area contributed by atoms with Gasteiger partial charge in [-0.1, -0.05) is 54.1 Å². The first-order valence-corrected chi connectivity index (χ1v) is 14.1. The number of benzene rings is 3. The largest absolute Gasteiger partial charge is 0.494 e. The van der Waals surface area contributed by atoms with Crippen LogP contribution in [0.3, 0.4) is 0 Å². The summed E-state index contributed by atoms with van der Waals surface area (Å²) in [5, 5.41) is 19.5. The van der Waals surface area contributed by atoms with Crippen molar-refractivity contribution in [2.24, 2.45) is 0 Å². The molecule has 0 spiro atoms. The quantitative estimate of drug-likeness (QED) is 0.109. The molecular weight excluding hydrogens is 561 g/mol. The van der Waals surface area contributed by atoms with Gasteiger partial charge in [0.05, 0.1) is 24.7 Å². The second-order valence-electron chi connectivity index (χ2n) is 9.97. The fourth-order valence-corrected chi connectivity index (χ4v) is 4.88. The molecule has 0 fully saturated rings. The highest BCUT2D eigenvalue weighted by molar-refractivity contribution is 6.32. The molecule has 42 heavy (non-hydrogen) atoms. The summed E-state index contributed by atoms with van der Waals surface area (Å²) in [5.41, 5.74) is 3.88. The number of aryl methyl sites for hydroxylation is 2. The molecule has 0 aliphatic heterocycles. The second-order valence-corrected chi connectivity index (χ2v) is 10.4. The van der Waals surface area contributed by atoms with Gasteiger partial charge in [0.2, 0.25) is 0 Å². The van der Waals surface area contributed by atoms with Crippen LogP contribution in [0, 0.1) is 12.7 Å². The first kappa shape index (κ1) is 30.7. The van der Waals surface area contributed by atoms with Crippen molar-refractivity contribution in [1.29, 1.82) is 0 Å². The van der Waals surface area contributed by atoms with Gasteiger partial charge in [0.1, 0.15) is 5.75 Å². The van der Waals surface area contributed by atoms with Gasteiger partial charge in [-0.3, -0.25) is 9.59 Å². The molecule has 0 unspecified atom stereocenters. The number of ether oxygens (including phenoxy) is 2. The third-order valence-corrected chi connectivity index (χ3v) is 7.08. The van der Waals surface area contributed by atoms with E-state index >= 15 is 0 Å². The normalized spacial score (nSPS) is 11.3. The monoisotopic (exact) mass is 593 g/mol. The van der Waals surface area contributed by atoms with E-state index in [0.29, 0.717) is 43.7 Å². The lowest BCUT2D eigenvalue weighted by Gasteiger charge is -2.11. The third-order valence-electron chi connectivity index (χ3n) is 6.78. The van der Waals surface area contributed by atoms with Gasteiger partial charge in [0.15, 0.2) is 11.6 Å². The van der Waals surface area contributed by atoms with E-state index < -0.39 is 17.8 Å². The molecule has 0 aliphatic rings. The summed E-state index contributed by atoms with van der Waals surface area (Å²) in [6.07, 6.45) is 7.51. The number of nitrogens with zero attached hydrogens (tertiary/aromatic N) is 1. The molecule has 0 bridgehead atoms. The van der Waals surface area contributed by atoms with Crippen molar-refractivity contribution in [1.82, 2.24) is 4.57 Å². The van der Waals surface area contributed by atoms with Crippen molar-refractivity contribution < 1.29 is 33.7 Å². The summed E-state index contributed by atoms with van der Waals surface area (Å²) >= 11 is 6.04. The van der Waals surface area contributed by atoms with Crippen molar-refractivity contribution in [3.8, 4) is 11.5 Å². The lowest BCUT2D eigenvalue weighted by Crippen LogP contribution is -2.04. The fourth-order valence-electron chi connectivity index (χ4n) is 4.68. The zero-order valence-electron chi connectivity index (χ0n) is 23.3. The van der Waals surface area contributed by atoms with Crippen LogP contribution in [0.2, 0.25) is 5.02 Å². The molecule has 0 radical (unpaired) electrons. The Kier molecular flexibility index (Phi) is 10.6. The van der Waals surface area contributed by atoms with E-state index in [9.17, 15) is 19.1 Å². The Morgan fingerprint density at radius 3 is 2.38 bits per heavy atom. The molecule has 3 aromatic carbocycles. The Morgan fingerprint density at radius 1 is 0.929 bits per heavy atom. The lowest BCUT2D eigenvalue weighted by atomic mass is 10.0. The molecule has 4 aromatic rings. The zero-order chi connectivity index (χ0) is 30.1. The van der Waals surface area contributed by atoms with E-state index in [1.165, 1.54) is 0 Å². The van der Waals surface area contributed by atoms with E-state index in [0.717, 1.165) is 34.2 Å². The van der Waals surface area contributed by atoms with E-state index in [-0.39, 0.29) is 23.6 Å². The standard InChI is InChI=1S/C33H33ClFNO6/c1-22-9-16-27(34)33(32(22)35)42-19-3-2-18-41-26-14-11-23(12-15-26)10-13-24-6-4-7-28-31(24)25(20-30(39)40)21-36(28)17-5-8-29(37)38/h4,6-7,9-16,21H,2-3,5,8,17-20H2,1H3,(H,37,38)(H,39,40). The number of aromatic nitrogens is 1. The molecule has 1 aromatic heterocycles. The van der Waals surface area contributed by atoms with Crippen LogP contribution in [0.25, 0.3) is 23.1 Å². The number of hydrogen-bond donors (Lipinski definition) is 2. The van der Waals surface area contributed by atoms with Gasteiger partial charge in [-0.25, -0.2) is 4.39 Å². The maximum absolute atomic E-state index is 14.2. The Morgan fingerprint density at radius 2 is 1.67 bits per heavy atom. The van der Waals surface area contributed by atoms with Crippen molar-refractivity contribution >= 4 is 46.6 Å². The molecule has 9 heteroatoms. The van der Waals surface area contributed by atoms with Crippen molar-refractivity contribution in [2.75, 3.05) is 13.2 Å². The van der Waals surface area contributed by atoms with Crippen LogP contribution in [0.1, 0.15) is 47.9 Å². The number of fused-ring (bicyclic) bond motifs is 1. The minimum Gasteiger partial charge on any atom is -0.494 e. The van der Waals surface area contributed by atoms with Gasteiger partial charge in [-0.15, -0.1) is 0 Å². The molecule has 4 rings (SSSR count). The van der Waals surface area contributed by atoms with Crippen LogP contribution in [-0.4, -0.2) is 39.9 Å². The summed E-state index contributed by atoms with van der Waals surface area (Å²) in [5.74, 6) is -1.40. The highest BCUT2D eigenvalue weighted by Crippen LogP contribution is 2.30. The summed E-state index contributed by atoms with van der Waals surface area (Å²) in [6.45, 7) is 2.97. The van der Waals surface area contributed by atoms with Gasteiger partial charge in [0.25, 0.3) is 0 Å². The number of aliphatic carboxylic acids is 2. The molecule has 0 amide bonds. The number of carboxylic acids is 2. The van der Waals surface area contributed by atoms with Gasteiger partial charge in [-0.05, 0) is 72.7 Å². The van der Waals surface area contributed by atoms with Crippen LogP contribution in [-0.2, 0) is 22.6 Å². The van der Waals surface area contributed by atoms with E-state index in [2.05, 4.69) is 0 Å². The molecule has 0 atom stereocenters. The Hall–Kier alpha value is -4.30. The maximum atomic E-state index is 14.2. The average Bonchev–Trinajstić information content (AvgIpc) is 3.30. The topological polar surface area (TPSA) is 98.0 Å². The Bertz CT molecular complexity index is 1580. The molecule has 7 nitrogen and oxygen atoms in total. The number of hydrogen-bond acceptors (Lipinski definition) is 4. The molecular formula is C33H33ClFNO6. The number of carboxylic acid groups (broad SMARTS) is 2. The van der Waals surface area contributed by atoms with Crippen LogP contribution in [0.15, 0.2) is 60.8 Å². The van der Waals surface area contributed by atoms with Crippen LogP contribution < -0.4 is 9.47 Å². The van der Waals surface area contributed by atoms with Crippen molar-refractivity contribution in [3.05, 3.63) is 93.9 Å². The van der Waals surface area contributed by atoms with E-state index in [4.69, 9.17) is 26.2 Å². The molecule has 0 aliphatic carbocycles. The lowest BCUT2D eigenvalue weighted by molar-refractivity contribution is -0.137. The predicted molar refractivity (Wildman–Crippen MR) is 162 cm³/mol. The highest BCUT2D eigenvalue weighted by atomic mass is 35.5. The Labute approximate surface area is 248 Å². The summed E-state index contributed by atoms with van der Waals surface area (Å²) < 4.78 is 27.5. The Balaban J connectivity index is 1.34. The van der Waals surface area contributed by atoms with Crippen LogP contribution >= 0.6 is 11.6 Å². The predicted octanol–water partition coefficient (Wildman–Crippen LogP) is 7.64. The maximum Gasteiger partial charge on any atom is 0.307 e. The van der Waals surface area contributed by atoms with Crippen LogP contribution in [0.4, 0.5) is 4.39 Å². The molecule has 0 saturated heterocycles. The summed E-state index contributed by atoms with van der Waals surface area (Å²) in [6, 6.07) is 16.7. The highest BCUT2D eigenvalue weighted by Gasteiger charge is 2.14. The van der Waals surface area contributed by atoms with Gasteiger partial charge < -0.3 is 24.3 Å². The van der Waals surface area contributed by atoms with Gasteiger partial charge in [-0.2, -0.15) is 0 Å². The van der Waals surface area contributed by atoms with Gasteiger partial charge >= 0.3 is 11.9 Å². The van der Waals surface area contributed by atoms with Crippen molar-refractivity contribution in [2.45, 2.75) is 45.6 Å². The third kappa shape index (κ3) is 8.13. The summed E-state index contributed by atoms with van der Waals surface area (Å²) in [7, 11) is 0. The van der Waals surface area contributed by atoms with E-state index in [1.807, 2.05) is 65.4 Å². The van der Waals surface area contributed by atoms with Gasteiger partial charge in [0, 0.05) is 30.1 Å². The molecule has 2 N–H and O–H groups in total. The smallest absolute Gasteiger partial charge is 0.307 e. The van der Waals surface area contributed by atoms with Crippen molar-refractivity contribution in [3.63, 3.8) is 0 Å². The number of carbonyl (C=O) groups is 2. The first-order chi connectivity index (χ1) is 20.2. The first-order valence-electron chi connectivity index (χ1n) is 13.8. The molecule has 220 valence electrons. The number of rotatable bonds is 15. The minimum atomic E-state index is -0.925. The minimum absolute atomic E-state index is 0.0478. The number of unbranched alkanes of at least 4 members (excludes halogenated alkanes) is 1. The number of halogens is 2. The fraction of sp³-hybridized carbons (Fsp3) is 0.273. The zero-order valence-corrected chi connectivity index (χ0v) is 24.1. The van der Waals surface area contributed by atoms with E-state index in [1.54, 1.807) is 19.1 Å². The average molecular weight is 594 g/mol. The second kappa shape index (κ2) is 14.5.